The summed E-state index contributed by atoms with van der Waals surface area (Å²) in [5.74, 6) is 1.49. The first-order valence-electron chi connectivity index (χ1n) is 6.12. The maximum Gasteiger partial charge on any atom is 0.311 e. The SMILES string of the molecule is CC1CCCC1CNc1nc(Cl)ccc1[N+](=O)[O-]. The Morgan fingerprint density at radius 2 is 2.33 bits per heavy atom. The fourth-order valence-electron chi connectivity index (χ4n) is 2.46. The lowest BCUT2D eigenvalue weighted by Crippen LogP contribution is -2.17. The smallest absolute Gasteiger partial charge is 0.311 e. The van der Waals surface area contributed by atoms with Crippen LogP contribution >= 0.6 is 11.6 Å². The van der Waals surface area contributed by atoms with Crippen molar-refractivity contribution in [3.8, 4) is 0 Å². The molecule has 0 spiro atoms. The molecule has 0 aliphatic heterocycles. The number of hydrogen-bond acceptors (Lipinski definition) is 4. The average molecular weight is 270 g/mol. The molecule has 0 saturated heterocycles. The number of nitro groups is 1. The van der Waals surface area contributed by atoms with Crippen LogP contribution < -0.4 is 5.32 Å². The first-order valence-corrected chi connectivity index (χ1v) is 6.50. The van der Waals surface area contributed by atoms with E-state index in [1.165, 1.54) is 31.4 Å². The van der Waals surface area contributed by atoms with Gasteiger partial charge < -0.3 is 5.32 Å². The lowest BCUT2D eigenvalue weighted by atomic mass is 9.98. The normalized spacial score (nSPS) is 23.0. The average Bonchev–Trinajstić information content (AvgIpc) is 2.72. The third kappa shape index (κ3) is 2.90. The van der Waals surface area contributed by atoms with Crippen LogP contribution in [-0.4, -0.2) is 16.5 Å². The van der Waals surface area contributed by atoms with Crippen LogP contribution in [0.25, 0.3) is 0 Å². The van der Waals surface area contributed by atoms with E-state index in [1.807, 2.05) is 0 Å². The van der Waals surface area contributed by atoms with Gasteiger partial charge >= 0.3 is 5.69 Å². The molecule has 0 amide bonds. The van der Waals surface area contributed by atoms with Gasteiger partial charge in [0.25, 0.3) is 0 Å². The summed E-state index contributed by atoms with van der Waals surface area (Å²) in [5, 5.41) is 14.2. The van der Waals surface area contributed by atoms with Crippen molar-refractivity contribution in [1.29, 1.82) is 0 Å². The van der Waals surface area contributed by atoms with E-state index in [0.29, 0.717) is 11.8 Å². The van der Waals surface area contributed by atoms with E-state index >= 15 is 0 Å². The van der Waals surface area contributed by atoms with E-state index in [-0.39, 0.29) is 16.7 Å². The second-order valence-electron chi connectivity index (χ2n) is 4.81. The zero-order valence-corrected chi connectivity index (χ0v) is 11.0. The van der Waals surface area contributed by atoms with Crippen LogP contribution in [0.5, 0.6) is 0 Å². The van der Waals surface area contributed by atoms with Crippen molar-refractivity contribution < 1.29 is 4.92 Å². The topological polar surface area (TPSA) is 68.1 Å². The van der Waals surface area contributed by atoms with Gasteiger partial charge in [-0.2, -0.15) is 0 Å². The molecule has 18 heavy (non-hydrogen) atoms. The number of halogens is 1. The van der Waals surface area contributed by atoms with Crippen LogP contribution in [0.4, 0.5) is 11.5 Å². The van der Waals surface area contributed by atoms with Crippen LogP contribution in [0.15, 0.2) is 12.1 Å². The Hall–Kier alpha value is -1.36. The third-order valence-corrected chi connectivity index (χ3v) is 3.82. The van der Waals surface area contributed by atoms with Gasteiger partial charge in [-0.15, -0.1) is 0 Å². The second kappa shape index (κ2) is 5.52. The highest BCUT2D eigenvalue weighted by atomic mass is 35.5. The molecule has 1 heterocycles. The summed E-state index contributed by atoms with van der Waals surface area (Å²) in [4.78, 5) is 14.4. The highest BCUT2D eigenvalue weighted by Gasteiger charge is 2.24. The van der Waals surface area contributed by atoms with Gasteiger partial charge in [0.1, 0.15) is 5.15 Å². The Balaban J connectivity index is 2.08. The summed E-state index contributed by atoms with van der Waals surface area (Å²) < 4.78 is 0. The molecular weight excluding hydrogens is 254 g/mol. The van der Waals surface area contributed by atoms with Gasteiger partial charge in [-0.25, -0.2) is 4.98 Å². The van der Waals surface area contributed by atoms with Gasteiger partial charge in [-0.3, -0.25) is 10.1 Å². The standard InChI is InChI=1S/C12H16ClN3O2/c1-8-3-2-4-9(8)7-14-12-10(16(17)18)5-6-11(13)15-12/h5-6,8-9H,2-4,7H2,1H3,(H,14,15). The molecule has 2 unspecified atom stereocenters. The number of nitrogens with one attached hydrogen (secondary N) is 1. The van der Waals surface area contributed by atoms with Gasteiger partial charge in [0.15, 0.2) is 0 Å². The first kappa shape index (κ1) is 13.1. The lowest BCUT2D eigenvalue weighted by molar-refractivity contribution is -0.384. The summed E-state index contributed by atoms with van der Waals surface area (Å²) in [6, 6.07) is 2.82. The van der Waals surface area contributed by atoms with Crippen molar-refractivity contribution in [2.24, 2.45) is 11.8 Å². The fraction of sp³-hybridized carbons (Fsp3) is 0.583. The highest BCUT2D eigenvalue weighted by molar-refractivity contribution is 6.29. The van der Waals surface area contributed by atoms with E-state index in [9.17, 15) is 10.1 Å². The number of nitrogens with zero attached hydrogens (tertiary/aromatic N) is 2. The lowest BCUT2D eigenvalue weighted by Gasteiger charge is -2.16. The molecule has 0 radical (unpaired) electrons. The Labute approximate surface area is 111 Å². The monoisotopic (exact) mass is 269 g/mol. The fourth-order valence-corrected chi connectivity index (χ4v) is 2.61. The van der Waals surface area contributed by atoms with E-state index in [4.69, 9.17) is 11.6 Å². The molecule has 6 heteroatoms. The highest BCUT2D eigenvalue weighted by Crippen LogP contribution is 2.32. The maximum atomic E-state index is 10.9. The molecule has 5 nitrogen and oxygen atoms in total. The molecule has 1 fully saturated rings. The summed E-state index contributed by atoms with van der Waals surface area (Å²) >= 11 is 5.77. The van der Waals surface area contributed by atoms with Crippen molar-refractivity contribution in [3.05, 3.63) is 27.4 Å². The molecule has 2 rings (SSSR count). The number of anilines is 1. The van der Waals surface area contributed by atoms with Crippen LogP contribution in [0.2, 0.25) is 5.15 Å². The summed E-state index contributed by atoms with van der Waals surface area (Å²) in [6.07, 6.45) is 3.64. The molecule has 1 aromatic rings. The van der Waals surface area contributed by atoms with E-state index in [0.717, 1.165) is 6.54 Å². The minimum absolute atomic E-state index is 0.0231. The molecular formula is C12H16ClN3O2. The van der Waals surface area contributed by atoms with E-state index in [2.05, 4.69) is 17.2 Å². The first-order chi connectivity index (χ1) is 8.58. The summed E-state index contributed by atoms with van der Waals surface area (Å²) in [6.45, 7) is 2.94. The Kier molecular flexibility index (Phi) is 4.01. The maximum absolute atomic E-state index is 10.9. The summed E-state index contributed by atoms with van der Waals surface area (Å²) in [7, 11) is 0. The molecule has 0 bridgehead atoms. The van der Waals surface area contributed by atoms with E-state index < -0.39 is 4.92 Å². The number of rotatable bonds is 4. The summed E-state index contributed by atoms with van der Waals surface area (Å²) in [5.41, 5.74) is -0.0231. The van der Waals surface area contributed by atoms with Crippen LogP contribution in [0, 0.1) is 22.0 Å². The molecule has 0 aromatic carbocycles. The number of pyridine rings is 1. The largest absolute Gasteiger partial charge is 0.364 e. The van der Waals surface area contributed by atoms with Crippen LogP contribution in [0.3, 0.4) is 0 Å². The molecule has 1 saturated carbocycles. The quantitative estimate of drug-likeness (QED) is 0.516. The van der Waals surface area contributed by atoms with Crippen LogP contribution in [-0.2, 0) is 0 Å². The van der Waals surface area contributed by atoms with Gasteiger partial charge in [0.2, 0.25) is 5.82 Å². The van der Waals surface area contributed by atoms with Crippen molar-refractivity contribution in [2.75, 3.05) is 11.9 Å². The minimum Gasteiger partial charge on any atom is -0.364 e. The third-order valence-electron chi connectivity index (χ3n) is 3.61. The molecule has 1 aliphatic rings. The zero-order valence-electron chi connectivity index (χ0n) is 10.2. The number of aromatic nitrogens is 1. The molecule has 1 aliphatic carbocycles. The van der Waals surface area contributed by atoms with Gasteiger partial charge in [-0.05, 0) is 24.3 Å². The minimum atomic E-state index is -0.441. The van der Waals surface area contributed by atoms with Crippen LogP contribution in [0.1, 0.15) is 26.2 Å². The van der Waals surface area contributed by atoms with Crippen molar-refractivity contribution in [3.63, 3.8) is 0 Å². The zero-order chi connectivity index (χ0) is 13.1. The Morgan fingerprint density at radius 3 is 2.94 bits per heavy atom. The van der Waals surface area contributed by atoms with Gasteiger partial charge in [-0.1, -0.05) is 31.4 Å². The molecule has 1 N–H and O–H groups in total. The Bertz CT molecular complexity index is 453. The molecule has 98 valence electrons. The van der Waals surface area contributed by atoms with Crippen molar-refractivity contribution in [1.82, 2.24) is 4.98 Å². The van der Waals surface area contributed by atoms with E-state index in [1.54, 1.807) is 0 Å². The van der Waals surface area contributed by atoms with Crippen molar-refractivity contribution >= 4 is 23.1 Å². The predicted octanol–water partition coefficient (Wildman–Crippen LogP) is 3.49. The van der Waals surface area contributed by atoms with Crippen molar-refractivity contribution in [2.45, 2.75) is 26.2 Å². The molecule has 2 atom stereocenters. The second-order valence-corrected chi connectivity index (χ2v) is 5.20. The Morgan fingerprint density at radius 1 is 1.56 bits per heavy atom. The molecule has 1 aromatic heterocycles. The van der Waals surface area contributed by atoms with Gasteiger partial charge in [0.05, 0.1) is 4.92 Å². The predicted molar refractivity (Wildman–Crippen MR) is 70.9 cm³/mol. The number of hydrogen-bond donors (Lipinski definition) is 1. The van der Waals surface area contributed by atoms with Gasteiger partial charge in [0, 0.05) is 12.6 Å².